The summed E-state index contributed by atoms with van der Waals surface area (Å²) in [4.78, 5) is 0. The molecule has 2 rings (SSSR count). The number of halogens is 1. The first-order valence-electron chi connectivity index (χ1n) is 4.09. The van der Waals surface area contributed by atoms with E-state index in [9.17, 15) is 5.11 Å². The number of aliphatic hydroxyl groups excluding tert-OH is 1. The Morgan fingerprint density at radius 3 is 3.00 bits per heavy atom. The summed E-state index contributed by atoms with van der Waals surface area (Å²) in [5, 5.41) is 17.2. The Morgan fingerprint density at radius 1 is 1.54 bits per heavy atom. The maximum Gasteiger partial charge on any atom is 0.0851 e. The van der Waals surface area contributed by atoms with E-state index in [4.69, 9.17) is 11.6 Å². The molecular weight excluding hydrogens is 206 g/mol. The Balaban J connectivity index is 2.30. The fourth-order valence-corrected chi connectivity index (χ4v) is 2.52. The van der Waals surface area contributed by atoms with Gasteiger partial charge in [-0.1, -0.05) is 11.6 Å². The molecule has 13 heavy (non-hydrogen) atoms. The van der Waals surface area contributed by atoms with Crippen LogP contribution in [0, 0.1) is 0 Å². The molecule has 0 radical (unpaired) electrons. The first-order valence-corrected chi connectivity index (χ1v) is 5.41. The van der Waals surface area contributed by atoms with Gasteiger partial charge in [-0.2, -0.15) is 11.3 Å². The molecule has 0 saturated carbocycles. The SMILES string of the molecule is OC1C=C(c2cscc2Cl)CNC1. The summed E-state index contributed by atoms with van der Waals surface area (Å²) < 4.78 is 0. The van der Waals surface area contributed by atoms with Crippen molar-refractivity contribution in [2.75, 3.05) is 13.1 Å². The molecule has 0 spiro atoms. The predicted octanol–water partition coefficient (Wildman–Crippen LogP) is 1.75. The van der Waals surface area contributed by atoms with Gasteiger partial charge in [0.25, 0.3) is 0 Å². The van der Waals surface area contributed by atoms with E-state index in [1.807, 2.05) is 16.8 Å². The van der Waals surface area contributed by atoms with Crippen LogP contribution in [-0.4, -0.2) is 24.3 Å². The zero-order valence-electron chi connectivity index (χ0n) is 6.96. The zero-order valence-corrected chi connectivity index (χ0v) is 8.53. The Labute approximate surface area is 85.8 Å². The summed E-state index contributed by atoms with van der Waals surface area (Å²) in [5.74, 6) is 0. The number of rotatable bonds is 1. The zero-order chi connectivity index (χ0) is 9.26. The normalized spacial score (nSPS) is 22.9. The Hall–Kier alpha value is -0.350. The van der Waals surface area contributed by atoms with Gasteiger partial charge in [-0.15, -0.1) is 0 Å². The lowest BCUT2D eigenvalue weighted by molar-refractivity contribution is 0.217. The van der Waals surface area contributed by atoms with E-state index in [-0.39, 0.29) is 6.10 Å². The number of hydrogen-bond acceptors (Lipinski definition) is 3. The first-order chi connectivity index (χ1) is 6.27. The average molecular weight is 216 g/mol. The average Bonchev–Trinajstić information content (AvgIpc) is 2.51. The highest BCUT2D eigenvalue weighted by atomic mass is 35.5. The largest absolute Gasteiger partial charge is 0.388 e. The molecule has 4 heteroatoms. The smallest absolute Gasteiger partial charge is 0.0851 e. The van der Waals surface area contributed by atoms with Crippen molar-refractivity contribution in [2.45, 2.75) is 6.10 Å². The Morgan fingerprint density at radius 2 is 2.38 bits per heavy atom. The van der Waals surface area contributed by atoms with Gasteiger partial charge in [0.15, 0.2) is 0 Å². The molecule has 0 saturated heterocycles. The standard InChI is InChI=1S/C9H10ClNOS/c10-9-5-13-4-8(9)6-1-7(12)3-11-2-6/h1,4-5,7,11-12H,2-3H2. The fraction of sp³-hybridized carbons (Fsp3) is 0.333. The lowest BCUT2D eigenvalue weighted by Gasteiger charge is -2.18. The molecule has 0 fully saturated rings. The first kappa shape index (κ1) is 9.21. The van der Waals surface area contributed by atoms with Gasteiger partial charge >= 0.3 is 0 Å². The van der Waals surface area contributed by atoms with Crippen LogP contribution in [-0.2, 0) is 0 Å². The van der Waals surface area contributed by atoms with E-state index >= 15 is 0 Å². The molecule has 0 aromatic carbocycles. The molecule has 2 heterocycles. The van der Waals surface area contributed by atoms with E-state index in [0.717, 1.165) is 22.7 Å². The van der Waals surface area contributed by atoms with Crippen LogP contribution in [0.15, 0.2) is 16.8 Å². The maximum atomic E-state index is 9.39. The third kappa shape index (κ3) is 1.94. The quantitative estimate of drug-likeness (QED) is 0.748. The van der Waals surface area contributed by atoms with E-state index in [1.165, 1.54) is 0 Å². The van der Waals surface area contributed by atoms with Crippen LogP contribution < -0.4 is 5.32 Å². The van der Waals surface area contributed by atoms with Gasteiger partial charge in [-0.05, 0) is 17.0 Å². The lowest BCUT2D eigenvalue weighted by Crippen LogP contribution is -2.31. The minimum absolute atomic E-state index is 0.389. The lowest BCUT2D eigenvalue weighted by atomic mass is 10.0. The molecule has 0 amide bonds. The van der Waals surface area contributed by atoms with Gasteiger partial charge in [0.05, 0.1) is 11.1 Å². The second kappa shape index (κ2) is 3.80. The van der Waals surface area contributed by atoms with Crippen molar-refractivity contribution in [2.24, 2.45) is 0 Å². The number of β-amino-alcohol motifs (C(OH)–C–C–N with tert-alkyl or cyclic N) is 1. The summed E-state index contributed by atoms with van der Waals surface area (Å²) in [5.41, 5.74) is 2.13. The number of hydrogen-bond donors (Lipinski definition) is 2. The van der Waals surface area contributed by atoms with Crippen molar-refractivity contribution >= 4 is 28.5 Å². The molecule has 0 bridgehead atoms. The third-order valence-electron chi connectivity index (χ3n) is 2.02. The molecular formula is C9H10ClNOS. The van der Waals surface area contributed by atoms with Crippen molar-refractivity contribution in [1.82, 2.24) is 5.32 Å². The van der Waals surface area contributed by atoms with E-state index < -0.39 is 0 Å². The van der Waals surface area contributed by atoms with Crippen LogP contribution >= 0.6 is 22.9 Å². The van der Waals surface area contributed by atoms with Crippen LogP contribution in [0.3, 0.4) is 0 Å². The number of nitrogens with one attached hydrogen (secondary N) is 1. The molecule has 1 aliphatic rings. The van der Waals surface area contributed by atoms with Crippen molar-refractivity contribution < 1.29 is 5.11 Å². The fourth-order valence-electron chi connectivity index (χ4n) is 1.40. The van der Waals surface area contributed by atoms with Gasteiger partial charge in [0, 0.05) is 24.0 Å². The van der Waals surface area contributed by atoms with Crippen LogP contribution in [0.1, 0.15) is 5.56 Å². The summed E-state index contributed by atoms with van der Waals surface area (Å²) in [6, 6.07) is 0. The second-order valence-electron chi connectivity index (χ2n) is 3.02. The molecule has 1 aromatic heterocycles. The van der Waals surface area contributed by atoms with Gasteiger partial charge in [0.1, 0.15) is 0 Å². The molecule has 1 unspecified atom stereocenters. The van der Waals surface area contributed by atoms with Crippen molar-refractivity contribution in [3.05, 3.63) is 27.4 Å². The van der Waals surface area contributed by atoms with E-state index in [0.29, 0.717) is 6.54 Å². The summed E-state index contributed by atoms with van der Waals surface area (Å²) in [6.07, 6.45) is 1.48. The molecule has 0 aliphatic carbocycles. The minimum Gasteiger partial charge on any atom is -0.388 e. The monoisotopic (exact) mass is 215 g/mol. The van der Waals surface area contributed by atoms with Crippen molar-refractivity contribution in [1.29, 1.82) is 0 Å². The summed E-state index contributed by atoms with van der Waals surface area (Å²) in [6.45, 7) is 1.42. The molecule has 1 atom stereocenters. The molecule has 2 nitrogen and oxygen atoms in total. The topological polar surface area (TPSA) is 32.3 Å². The Bertz CT molecular complexity index is 334. The highest BCUT2D eigenvalue weighted by Crippen LogP contribution is 2.28. The molecule has 70 valence electrons. The highest BCUT2D eigenvalue weighted by molar-refractivity contribution is 7.08. The number of thiophene rings is 1. The Kier molecular flexibility index (Phi) is 2.69. The molecule has 2 N–H and O–H groups in total. The third-order valence-corrected chi connectivity index (χ3v) is 3.21. The number of aliphatic hydroxyl groups is 1. The van der Waals surface area contributed by atoms with Crippen molar-refractivity contribution in [3.63, 3.8) is 0 Å². The van der Waals surface area contributed by atoms with Crippen LogP contribution in [0.5, 0.6) is 0 Å². The minimum atomic E-state index is -0.389. The van der Waals surface area contributed by atoms with Crippen LogP contribution in [0.2, 0.25) is 5.02 Å². The van der Waals surface area contributed by atoms with Gasteiger partial charge < -0.3 is 10.4 Å². The van der Waals surface area contributed by atoms with Gasteiger partial charge in [-0.3, -0.25) is 0 Å². The van der Waals surface area contributed by atoms with Crippen LogP contribution in [0.25, 0.3) is 5.57 Å². The van der Waals surface area contributed by atoms with Gasteiger partial charge in [-0.25, -0.2) is 0 Å². The van der Waals surface area contributed by atoms with Gasteiger partial charge in [0.2, 0.25) is 0 Å². The van der Waals surface area contributed by atoms with Crippen molar-refractivity contribution in [3.8, 4) is 0 Å². The van der Waals surface area contributed by atoms with E-state index in [2.05, 4.69) is 5.32 Å². The predicted molar refractivity (Wildman–Crippen MR) is 56.2 cm³/mol. The summed E-state index contributed by atoms with van der Waals surface area (Å²) >= 11 is 7.56. The maximum absolute atomic E-state index is 9.39. The highest BCUT2D eigenvalue weighted by Gasteiger charge is 2.13. The van der Waals surface area contributed by atoms with Crippen LogP contribution in [0.4, 0.5) is 0 Å². The van der Waals surface area contributed by atoms with E-state index in [1.54, 1.807) is 11.3 Å². The molecule has 1 aliphatic heterocycles. The summed E-state index contributed by atoms with van der Waals surface area (Å²) in [7, 11) is 0. The second-order valence-corrected chi connectivity index (χ2v) is 4.17. The molecule has 1 aromatic rings.